The van der Waals surface area contributed by atoms with Gasteiger partial charge >= 0.3 is 0 Å². The fourth-order valence-electron chi connectivity index (χ4n) is 4.97. The average Bonchev–Trinajstić information content (AvgIpc) is 2.25. The summed E-state index contributed by atoms with van der Waals surface area (Å²) in [5.74, 6) is 3.16. The molecular weight excluding hydrogens is 278 g/mol. The third kappa shape index (κ3) is 2.40. The van der Waals surface area contributed by atoms with Gasteiger partial charge in [-0.1, -0.05) is 15.9 Å². The third-order valence-electron chi connectivity index (χ3n) is 5.15. The van der Waals surface area contributed by atoms with E-state index >= 15 is 0 Å². The molecule has 0 aliphatic heterocycles. The van der Waals surface area contributed by atoms with Gasteiger partial charge in [-0.3, -0.25) is 4.79 Å². The van der Waals surface area contributed by atoms with Gasteiger partial charge in [0.2, 0.25) is 5.91 Å². The lowest BCUT2D eigenvalue weighted by Crippen LogP contribution is -2.51. The smallest absolute Gasteiger partial charge is 0.220 e. The van der Waals surface area contributed by atoms with Crippen molar-refractivity contribution in [1.82, 2.24) is 5.32 Å². The van der Waals surface area contributed by atoms with Crippen molar-refractivity contribution in [3.05, 3.63) is 0 Å². The largest absolute Gasteiger partial charge is 0.356 e. The van der Waals surface area contributed by atoms with Crippen LogP contribution in [0.1, 0.15) is 44.9 Å². The van der Waals surface area contributed by atoms with Crippen LogP contribution in [0.4, 0.5) is 0 Å². The van der Waals surface area contributed by atoms with E-state index in [4.69, 9.17) is 0 Å². The zero-order valence-corrected chi connectivity index (χ0v) is 12.0. The minimum Gasteiger partial charge on any atom is -0.356 e. The van der Waals surface area contributed by atoms with E-state index in [1.807, 2.05) is 0 Å². The summed E-state index contributed by atoms with van der Waals surface area (Å²) in [5, 5.41) is 3.95. The molecule has 0 saturated heterocycles. The minimum atomic E-state index is 0.220. The molecule has 0 spiro atoms. The molecule has 96 valence electrons. The molecule has 4 bridgehead atoms. The molecule has 17 heavy (non-hydrogen) atoms. The average molecular weight is 300 g/mol. The van der Waals surface area contributed by atoms with E-state index in [2.05, 4.69) is 21.2 Å². The van der Waals surface area contributed by atoms with Gasteiger partial charge in [0.05, 0.1) is 0 Å². The topological polar surface area (TPSA) is 29.1 Å². The van der Waals surface area contributed by atoms with Gasteiger partial charge in [-0.2, -0.15) is 0 Å². The molecule has 0 aromatic heterocycles. The van der Waals surface area contributed by atoms with Crippen LogP contribution in [0.5, 0.6) is 0 Å². The number of carbonyl (C=O) groups is 1. The van der Waals surface area contributed by atoms with Crippen LogP contribution in [0.3, 0.4) is 0 Å². The fraction of sp³-hybridized carbons (Fsp3) is 0.929. The summed E-state index contributed by atoms with van der Waals surface area (Å²) in [5.41, 5.74) is 0.483. The van der Waals surface area contributed by atoms with Gasteiger partial charge in [-0.05, 0) is 61.7 Å². The summed E-state index contributed by atoms with van der Waals surface area (Å²) in [4.78, 5) is 11.6. The molecule has 4 saturated carbocycles. The zero-order chi connectivity index (χ0) is 11.9. The lowest BCUT2D eigenvalue weighted by atomic mass is 9.49. The highest BCUT2D eigenvalue weighted by atomic mass is 79.9. The molecule has 4 aliphatic rings. The van der Waals surface area contributed by atoms with Crippen molar-refractivity contribution in [1.29, 1.82) is 0 Å². The molecule has 4 fully saturated rings. The van der Waals surface area contributed by atoms with Crippen LogP contribution in [0.15, 0.2) is 0 Å². The Hall–Kier alpha value is -0.0500. The molecular formula is C14H22BrNO. The monoisotopic (exact) mass is 299 g/mol. The molecule has 0 aromatic carbocycles. The number of amides is 1. The van der Waals surface area contributed by atoms with Crippen LogP contribution < -0.4 is 5.32 Å². The van der Waals surface area contributed by atoms with Crippen molar-refractivity contribution in [2.24, 2.45) is 23.2 Å². The van der Waals surface area contributed by atoms with Gasteiger partial charge in [0.15, 0.2) is 0 Å². The van der Waals surface area contributed by atoms with Gasteiger partial charge in [-0.25, -0.2) is 0 Å². The van der Waals surface area contributed by atoms with E-state index < -0.39 is 0 Å². The van der Waals surface area contributed by atoms with Gasteiger partial charge < -0.3 is 5.32 Å². The van der Waals surface area contributed by atoms with Crippen LogP contribution in [-0.2, 0) is 4.79 Å². The van der Waals surface area contributed by atoms with Crippen molar-refractivity contribution in [3.63, 3.8) is 0 Å². The number of alkyl halides is 1. The first kappa shape index (κ1) is 12.0. The Morgan fingerprint density at radius 2 is 1.65 bits per heavy atom. The quantitative estimate of drug-likeness (QED) is 0.794. The van der Waals surface area contributed by atoms with Crippen molar-refractivity contribution in [2.75, 3.05) is 11.9 Å². The van der Waals surface area contributed by atoms with E-state index in [1.54, 1.807) is 0 Å². The second-order valence-electron chi connectivity index (χ2n) is 6.63. The molecule has 0 unspecified atom stereocenters. The van der Waals surface area contributed by atoms with E-state index in [0.29, 0.717) is 11.8 Å². The van der Waals surface area contributed by atoms with E-state index in [1.165, 1.54) is 38.5 Å². The molecule has 1 amide bonds. The summed E-state index contributed by atoms with van der Waals surface area (Å²) in [6.45, 7) is 0.947. The highest BCUT2D eigenvalue weighted by molar-refractivity contribution is 9.09. The Kier molecular flexibility index (Phi) is 3.22. The fourth-order valence-corrected chi connectivity index (χ4v) is 5.33. The van der Waals surface area contributed by atoms with Gasteiger partial charge in [0.25, 0.3) is 0 Å². The number of rotatable bonds is 4. The Balaban J connectivity index is 1.60. The Morgan fingerprint density at radius 1 is 1.12 bits per heavy atom. The lowest BCUT2D eigenvalue weighted by Gasteiger charge is -2.56. The first-order valence-electron chi connectivity index (χ1n) is 7.02. The van der Waals surface area contributed by atoms with Crippen molar-refractivity contribution < 1.29 is 4.79 Å². The number of hydrogen-bond donors (Lipinski definition) is 1. The predicted molar refractivity (Wildman–Crippen MR) is 72.0 cm³/mol. The first-order valence-corrected chi connectivity index (χ1v) is 8.14. The van der Waals surface area contributed by atoms with Crippen molar-refractivity contribution in [2.45, 2.75) is 44.9 Å². The van der Waals surface area contributed by atoms with Crippen LogP contribution >= 0.6 is 15.9 Å². The first-order chi connectivity index (χ1) is 8.19. The highest BCUT2D eigenvalue weighted by Gasteiger charge is 2.50. The number of carbonyl (C=O) groups excluding carboxylic acids is 1. The predicted octanol–water partition coefficient (Wildman–Crippen LogP) is 3.10. The Labute approximate surface area is 112 Å². The Bertz CT molecular complexity index is 280. The Morgan fingerprint density at radius 3 is 2.12 bits per heavy atom. The van der Waals surface area contributed by atoms with Gasteiger partial charge in [0, 0.05) is 18.3 Å². The second kappa shape index (κ2) is 4.56. The molecule has 0 aromatic rings. The number of hydrogen-bond acceptors (Lipinski definition) is 1. The third-order valence-corrected chi connectivity index (χ3v) is 5.54. The summed E-state index contributed by atoms with van der Waals surface area (Å²) >= 11 is 3.32. The van der Waals surface area contributed by atoms with E-state index in [-0.39, 0.29) is 5.91 Å². The van der Waals surface area contributed by atoms with Crippen molar-refractivity contribution in [3.8, 4) is 0 Å². The maximum Gasteiger partial charge on any atom is 0.220 e. The minimum absolute atomic E-state index is 0.220. The van der Waals surface area contributed by atoms with Crippen molar-refractivity contribution >= 4 is 21.8 Å². The van der Waals surface area contributed by atoms with Crippen LogP contribution in [0, 0.1) is 23.2 Å². The molecule has 3 heteroatoms. The van der Waals surface area contributed by atoms with E-state index in [9.17, 15) is 4.79 Å². The normalized spacial score (nSPS) is 42.8. The molecule has 2 nitrogen and oxygen atoms in total. The van der Waals surface area contributed by atoms with Crippen LogP contribution in [-0.4, -0.2) is 17.8 Å². The zero-order valence-electron chi connectivity index (χ0n) is 10.4. The number of nitrogens with one attached hydrogen (secondary N) is 1. The maximum atomic E-state index is 11.6. The molecule has 4 rings (SSSR count). The standard InChI is InChI=1S/C14H22BrNO/c15-2-1-13(17)16-9-14-6-10-3-11(7-14)5-12(4-10)8-14/h10-12H,1-9H2,(H,16,17). The maximum absolute atomic E-state index is 11.6. The lowest BCUT2D eigenvalue weighted by molar-refractivity contribution is -0.122. The van der Waals surface area contributed by atoms with Crippen LogP contribution in [0.2, 0.25) is 0 Å². The second-order valence-corrected chi connectivity index (χ2v) is 7.43. The van der Waals surface area contributed by atoms with Gasteiger partial charge in [0.1, 0.15) is 0 Å². The molecule has 4 aliphatic carbocycles. The van der Waals surface area contributed by atoms with E-state index in [0.717, 1.165) is 29.6 Å². The van der Waals surface area contributed by atoms with Gasteiger partial charge in [-0.15, -0.1) is 0 Å². The molecule has 0 radical (unpaired) electrons. The summed E-state index contributed by atoms with van der Waals surface area (Å²) in [6, 6.07) is 0. The molecule has 0 heterocycles. The summed E-state index contributed by atoms with van der Waals surface area (Å²) in [6.07, 6.45) is 9.21. The van der Waals surface area contributed by atoms with Crippen LogP contribution in [0.25, 0.3) is 0 Å². The number of halogens is 1. The summed E-state index contributed by atoms with van der Waals surface area (Å²) in [7, 11) is 0. The SMILES string of the molecule is O=C(CCBr)NCC12CC3CC(CC(C3)C1)C2. The summed E-state index contributed by atoms with van der Waals surface area (Å²) < 4.78 is 0. The molecule has 1 N–H and O–H groups in total. The molecule has 0 atom stereocenters. The highest BCUT2D eigenvalue weighted by Crippen LogP contribution is 2.59.